The van der Waals surface area contributed by atoms with E-state index in [1.165, 1.54) is 5.56 Å². The van der Waals surface area contributed by atoms with E-state index in [0.29, 0.717) is 6.61 Å². The van der Waals surface area contributed by atoms with Crippen LogP contribution in [0.4, 0.5) is 5.69 Å². The summed E-state index contributed by atoms with van der Waals surface area (Å²) in [6.07, 6.45) is 0.931. The highest BCUT2D eigenvalue weighted by Crippen LogP contribution is 2.17. The van der Waals surface area contributed by atoms with Gasteiger partial charge in [-0.15, -0.1) is 0 Å². The molecule has 1 unspecified atom stereocenters. The second-order valence-corrected chi connectivity index (χ2v) is 5.26. The number of carbonyl (C=O) groups excluding carboxylic acids is 1. The maximum atomic E-state index is 12.1. The molecule has 0 aliphatic carbocycles. The van der Waals surface area contributed by atoms with Crippen LogP contribution in [0, 0.1) is 0 Å². The molecule has 0 saturated carbocycles. The third-order valence-corrected chi connectivity index (χ3v) is 3.57. The van der Waals surface area contributed by atoms with Crippen LogP contribution in [0.2, 0.25) is 0 Å². The smallest absolute Gasteiger partial charge is 0.238 e. The fraction of sp³-hybridized carbons (Fsp3) is 0.316. The molecule has 23 heavy (non-hydrogen) atoms. The number of carbonyl (C=O) groups is 1. The molecule has 0 heterocycles. The molecule has 2 N–H and O–H groups in total. The Kier molecular flexibility index (Phi) is 6.63. The zero-order valence-electron chi connectivity index (χ0n) is 13.7. The summed E-state index contributed by atoms with van der Waals surface area (Å²) in [7, 11) is 0. The van der Waals surface area contributed by atoms with E-state index in [2.05, 4.69) is 29.7 Å². The second-order valence-electron chi connectivity index (χ2n) is 5.26. The fourth-order valence-corrected chi connectivity index (χ4v) is 2.41. The van der Waals surface area contributed by atoms with Gasteiger partial charge in [0.15, 0.2) is 0 Å². The van der Waals surface area contributed by atoms with Crippen molar-refractivity contribution >= 4 is 11.6 Å². The number of nitrogens with one attached hydrogen (secondary N) is 2. The Morgan fingerprint density at radius 1 is 1.04 bits per heavy atom. The fourth-order valence-electron chi connectivity index (χ4n) is 2.41. The van der Waals surface area contributed by atoms with Crippen LogP contribution in [0.15, 0.2) is 54.6 Å². The first kappa shape index (κ1) is 17.0. The number of anilines is 1. The van der Waals surface area contributed by atoms with Crippen LogP contribution in [-0.4, -0.2) is 19.1 Å². The van der Waals surface area contributed by atoms with Gasteiger partial charge < -0.3 is 15.4 Å². The third kappa shape index (κ3) is 5.42. The first-order valence-electron chi connectivity index (χ1n) is 8.04. The van der Waals surface area contributed by atoms with Gasteiger partial charge in [-0.05, 0) is 43.2 Å². The lowest BCUT2D eigenvalue weighted by atomic mass is 10.0. The Bertz CT molecular complexity index is 597. The molecule has 1 amide bonds. The first-order chi connectivity index (χ1) is 11.2. The van der Waals surface area contributed by atoms with E-state index < -0.39 is 0 Å². The number of ether oxygens (including phenoxy) is 1. The van der Waals surface area contributed by atoms with Crippen molar-refractivity contribution in [3.63, 3.8) is 0 Å². The van der Waals surface area contributed by atoms with Gasteiger partial charge in [-0.1, -0.05) is 37.3 Å². The van der Waals surface area contributed by atoms with Gasteiger partial charge in [-0.25, -0.2) is 0 Å². The van der Waals surface area contributed by atoms with Gasteiger partial charge in [0.25, 0.3) is 0 Å². The minimum absolute atomic E-state index is 0.0523. The number of rotatable bonds is 8. The van der Waals surface area contributed by atoms with Crippen LogP contribution in [0.5, 0.6) is 5.75 Å². The van der Waals surface area contributed by atoms with Crippen molar-refractivity contribution in [2.75, 3.05) is 18.5 Å². The zero-order valence-corrected chi connectivity index (χ0v) is 13.7. The summed E-state index contributed by atoms with van der Waals surface area (Å²) >= 11 is 0. The largest absolute Gasteiger partial charge is 0.494 e. The Labute approximate surface area is 137 Å². The highest BCUT2D eigenvalue weighted by molar-refractivity contribution is 5.92. The van der Waals surface area contributed by atoms with Crippen molar-refractivity contribution in [2.45, 2.75) is 26.3 Å². The molecular formula is C19H24N2O2. The number of amides is 1. The predicted octanol–water partition coefficient (Wildman–Crippen LogP) is 3.76. The van der Waals surface area contributed by atoms with Crippen LogP contribution < -0.4 is 15.4 Å². The molecule has 2 rings (SSSR count). The van der Waals surface area contributed by atoms with Gasteiger partial charge in [0.1, 0.15) is 5.75 Å². The van der Waals surface area contributed by atoms with E-state index in [4.69, 9.17) is 4.74 Å². The maximum Gasteiger partial charge on any atom is 0.238 e. The monoisotopic (exact) mass is 312 g/mol. The van der Waals surface area contributed by atoms with Crippen molar-refractivity contribution in [3.8, 4) is 5.75 Å². The van der Waals surface area contributed by atoms with E-state index in [9.17, 15) is 4.79 Å². The Hall–Kier alpha value is -2.33. The lowest BCUT2D eigenvalue weighted by Crippen LogP contribution is -2.31. The van der Waals surface area contributed by atoms with E-state index >= 15 is 0 Å². The van der Waals surface area contributed by atoms with Crippen LogP contribution in [0.25, 0.3) is 0 Å². The minimum Gasteiger partial charge on any atom is -0.494 e. The minimum atomic E-state index is -0.0523. The summed E-state index contributed by atoms with van der Waals surface area (Å²) in [5.41, 5.74) is 1.97. The number of hydrogen-bond donors (Lipinski definition) is 2. The second kappa shape index (κ2) is 8.96. The molecule has 0 aliphatic heterocycles. The number of hydrogen-bond acceptors (Lipinski definition) is 3. The third-order valence-electron chi connectivity index (χ3n) is 3.57. The summed E-state index contributed by atoms with van der Waals surface area (Å²) in [6.45, 7) is 4.96. The molecule has 1 atom stereocenters. The SMILES string of the molecule is CCOc1ccc(NC(=O)CNC(CC)c2ccccc2)cc1. The summed E-state index contributed by atoms with van der Waals surface area (Å²) in [6, 6.07) is 17.7. The van der Waals surface area contributed by atoms with Gasteiger partial charge in [-0.3, -0.25) is 4.79 Å². The molecule has 0 bridgehead atoms. The lowest BCUT2D eigenvalue weighted by Gasteiger charge is -2.17. The first-order valence-corrected chi connectivity index (χ1v) is 8.04. The quantitative estimate of drug-likeness (QED) is 0.780. The van der Waals surface area contributed by atoms with Gasteiger partial charge in [0.05, 0.1) is 13.2 Å². The summed E-state index contributed by atoms with van der Waals surface area (Å²) in [5, 5.41) is 6.19. The predicted molar refractivity (Wildman–Crippen MR) is 93.7 cm³/mol. The molecule has 2 aromatic rings. The van der Waals surface area contributed by atoms with Gasteiger partial charge in [0.2, 0.25) is 5.91 Å². The van der Waals surface area contributed by atoms with E-state index in [-0.39, 0.29) is 18.5 Å². The Morgan fingerprint density at radius 2 is 1.74 bits per heavy atom. The summed E-state index contributed by atoms with van der Waals surface area (Å²) in [4.78, 5) is 12.1. The number of benzene rings is 2. The summed E-state index contributed by atoms with van der Waals surface area (Å²) in [5.74, 6) is 0.752. The van der Waals surface area contributed by atoms with E-state index in [1.54, 1.807) is 0 Å². The lowest BCUT2D eigenvalue weighted by molar-refractivity contribution is -0.115. The van der Waals surface area contributed by atoms with Crippen LogP contribution in [0.1, 0.15) is 31.9 Å². The van der Waals surface area contributed by atoms with Crippen LogP contribution >= 0.6 is 0 Å². The van der Waals surface area contributed by atoms with Gasteiger partial charge in [-0.2, -0.15) is 0 Å². The zero-order chi connectivity index (χ0) is 16.5. The highest BCUT2D eigenvalue weighted by Gasteiger charge is 2.10. The molecular weight excluding hydrogens is 288 g/mol. The molecule has 0 spiro atoms. The van der Waals surface area contributed by atoms with E-state index in [1.807, 2.05) is 49.4 Å². The molecule has 2 aromatic carbocycles. The molecule has 0 fully saturated rings. The highest BCUT2D eigenvalue weighted by atomic mass is 16.5. The normalized spacial score (nSPS) is 11.7. The van der Waals surface area contributed by atoms with Crippen LogP contribution in [0.3, 0.4) is 0 Å². The molecule has 0 saturated heterocycles. The summed E-state index contributed by atoms with van der Waals surface area (Å²) < 4.78 is 5.38. The van der Waals surface area contributed by atoms with Crippen molar-refractivity contribution in [1.82, 2.24) is 5.32 Å². The molecule has 0 radical (unpaired) electrons. The average Bonchev–Trinajstić information content (AvgIpc) is 2.58. The molecule has 4 heteroatoms. The Morgan fingerprint density at radius 3 is 2.35 bits per heavy atom. The molecule has 4 nitrogen and oxygen atoms in total. The molecule has 0 aromatic heterocycles. The van der Waals surface area contributed by atoms with Crippen molar-refractivity contribution in [3.05, 3.63) is 60.2 Å². The van der Waals surface area contributed by atoms with Crippen molar-refractivity contribution in [2.24, 2.45) is 0 Å². The van der Waals surface area contributed by atoms with Gasteiger partial charge >= 0.3 is 0 Å². The van der Waals surface area contributed by atoms with Crippen molar-refractivity contribution in [1.29, 1.82) is 0 Å². The van der Waals surface area contributed by atoms with Crippen molar-refractivity contribution < 1.29 is 9.53 Å². The Balaban J connectivity index is 1.84. The molecule has 0 aliphatic rings. The topological polar surface area (TPSA) is 50.4 Å². The van der Waals surface area contributed by atoms with Gasteiger partial charge in [0, 0.05) is 11.7 Å². The standard InChI is InChI=1S/C19H24N2O2/c1-3-18(15-8-6-5-7-9-15)20-14-19(22)21-16-10-12-17(13-11-16)23-4-2/h5-13,18,20H,3-4,14H2,1-2H3,(H,21,22). The molecule has 122 valence electrons. The maximum absolute atomic E-state index is 12.1. The van der Waals surface area contributed by atoms with E-state index in [0.717, 1.165) is 17.9 Å². The average molecular weight is 312 g/mol. The van der Waals surface area contributed by atoms with Crippen LogP contribution in [-0.2, 0) is 4.79 Å².